The maximum Gasteiger partial charge on any atom is 0.0473 e. The quantitative estimate of drug-likeness (QED) is 0.761. The first kappa shape index (κ1) is 14.2. The van der Waals surface area contributed by atoms with Crippen molar-refractivity contribution >= 4 is 0 Å². The Kier molecular flexibility index (Phi) is 6.23. The average Bonchev–Trinajstić information content (AvgIpc) is 2.35. The van der Waals surface area contributed by atoms with E-state index in [1.807, 2.05) is 0 Å². The smallest absolute Gasteiger partial charge is 0.0473 e. The average molecular weight is 235 g/mol. The molecule has 0 aliphatic rings. The van der Waals surface area contributed by atoms with Gasteiger partial charge in [0, 0.05) is 19.7 Å². The van der Waals surface area contributed by atoms with E-state index in [0.29, 0.717) is 11.8 Å². The summed E-state index contributed by atoms with van der Waals surface area (Å²) in [6.07, 6.45) is 1.09. The van der Waals surface area contributed by atoms with Crippen LogP contribution in [0.3, 0.4) is 0 Å². The third-order valence-electron chi connectivity index (χ3n) is 3.34. The molecule has 0 aliphatic heterocycles. The van der Waals surface area contributed by atoms with E-state index in [1.165, 1.54) is 11.1 Å². The Hall–Kier alpha value is -0.860. The molecule has 0 saturated heterocycles. The summed E-state index contributed by atoms with van der Waals surface area (Å²) in [5.74, 6) is 0.875. The van der Waals surface area contributed by atoms with Crippen LogP contribution in [0.2, 0.25) is 0 Å². The molecule has 2 nitrogen and oxygen atoms in total. The molecule has 2 heteroatoms. The molecular weight excluding hydrogens is 210 g/mol. The number of hydrogen-bond donors (Lipinski definition) is 2. The third-order valence-corrected chi connectivity index (χ3v) is 3.34. The predicted octanol–water partition coefficient (Wildman–Crippen LogP) is 2.60. The minimum Gasteiger partial charge on any atom is -0.396 e. The molecule has 1 unspecified atom stereocenters. The lowest BCUT2D eigenvalue weighted by Crippen LogP contribution is -2.28. The van der Waals surface area contributed by atoms with Gasteiger partial charge in [0.2, 0.25) is 0 Å². The number of rotatable bonds is 7. The summed E-state index contributed by atoms with van der Waals surface area (Å²) in [5.41, 5.74) is 2.69. The fourth-order valence-electron chi connectivity index (χ4n) is 1.81. The van der Waals surface area contributed by atoms with E-state index in [1.54, 1.807) is 0 Å². The zero-order valence-corrected chi connectivity index (χ0v) is 11.2. The van der Waals surface area contributed by atoms with Crippen LogP contribution in [-0.4, -0.2) is 18.3 Å². The molecule has 0 aromatic heterocycles. The molecule has 1 rings (SSSR count). The van der Waals surface area contributed by atoms with Crippen LogP contribution < -0.4 is 5.32 Å². The van der Waals surface area contributed by atoms with E-state index >= 15 is 0 Å². The van der Waals surface area contributed by atoms with Gasteiger partial charge in [-0.2, -0.15) is 0 Å². The lowest BCUT2D eigenvalue weighted by Gasteiger charge is -2.18. The highest BCUT2D eigenvalue weighted by atomic mass is 16.3. The minimum absolute atomic E-state index is 0.263. The lowest BCUT2D eigenvalue weighted by atomic mass is 9.97. The molecule has 0 fully saturated rings. The van der Waals surface area contributed by atoms with Crippen molar-refractivity contribution in [2.24, 2.45) is 11.8 Å². The van der Waals surface area contributed by atoms with E-state index in [9.17, 15) is 5.11 Å². The van der Waals surface area contributed by atoms with Crippen molar-refractivity contribution in [1.82, 2.24) is 5.32 Å². The largest absolute Gasteiger partial charge is 0.396 e. The fraction of sp³-hybridized carbons (Fsp3) is 0.600. The van der Waals surface area contributed by atoms with Gasteiger partial charge in [0.15, 0.2) is 0 Å². The van der Waals surface area contributed by atoms with Crippen molar-refractivity contribution in [2.45, 2.75) is 33.7 Å². The van der Waals surface area contributed by atoms with E-state index in [-0.39, 0.29) is 6.61 Å². The van der Waals surface area contributed by atoms with Gasteiger partial charge in [-0.3, -0.25) is 0 Å². The SMILES string of the molecule is CCc1ccc(CNCC(CO)C(C)C)cc1. The van der Waals surface area contributed by atoms with Crippen LogP contribution in [-0.2, 0) is 13.0 Å². The van der Waals surface area contributed by atoms with E-state index in [0.717, 1.165) is 19.5 Å². The van der Waals surface area contributed by atoms with Crippen molar-refractivity contribution in [1.29, 1.82) is 0 Å². The molecular formula is C15H25NO. The number of nitrogens with one attached hydrogen (secondary N) is 1. The van der Waals surface area contributed by atoms with Crippen molar-refractivity contribution in [2.75, 3.05) is 13.2 Å². The molecule has 0 aliphatic carbocycles. The highest BCUT2D eigenvalue weighted by Crippen LogP contribution is 2.09. The van der Waals surface area contributed by atoms with Crippen LogP contribution in [0.5, 0.6) is 0 Å². The molecule has 2 N–H and O–H groups in total. The summed E-state index contributed by atoms with van der Waals surface area (Å²) < 4.78 is 0. The molecule has 0 spiro atoms. The van der Waals surface area contributed by atoms with E-state index < -0.39 is 0 Å². The van der Waals surface area contributed by atoms with Gasteiger partial charge in [-0.25, -0.2) is 0 Å². The first-order valence-corrected chi connectivity index (χ1v) is 6.56. The Morgan fingerprint density at radius 2 is 1.71 bits per heavy atom. The zero-order valence-electron chi connectivity index (χ0n) is 11.2. The van der Waals surface area contributed by atoms with Crippen molar-refractivity contribution in [3.63, 3.8) is 0 Å². The summed E-state index contributed by atoms with van der Waals surface area (Å²) in [6.45, 7) is 8.50. The number of aryl methyl sites for hydroxylation is 1. The fourth-order valence-corrected chi connectivity index (χ4v) is 1.81. The Morgan fingerprint density at radius 1 is 1.12 bits per heavy atom. The highest BCUT2D eigenvalue weighted by Gasteiger charge is 2.10. The zero-order chi connectivity index (χ0) is 12.7. The molecule has 0 bridgehead atoms. The van der Waals surface area contributed by atoms with Crippen molar-refractivity contribution in [3.8, 4) is 0 Å². The summed E-state index contributed by atoms with van der Waals surface area (Å²) in [6, 6.07) is 8.72. The molecule has 0 radical (unpaired) electrons. The molecule has 1 atom stereocenters. The number of benzene rings is 1. The monoisotopic (exact) mass is 235 g/mol. The van der Waals surface area contributed by atoms with Crippen LogP contribution in [0, 0.1) is 11.8 Å². The van der Waals surface area contributed by atoms with Gasteiger partial charge in [0.1, 0.15) is 0 Å². The Labute approximate surface area is 105 Å². The van der Waals surface area contributed by atoms with E-state index in [2.05, 4.69) is 50.4 Å². The summed E-state index contributed by atoms with van der Waals surface area (Å²) in [7, 11) is 0. The van der Waals surface area contributed by atoms with Crippen LogP contribution in [0.4, 0.5) is 0 Å². The molecule has 1 aromatic rings. The summed E-state index contributed by atoms with van der Waals surface area (Å²) in [4.78, 5) is 0. The summed E-state index contributed by atoms with van der Waals surface area (Å²) >= 11 is 0. The van der Waals surface area contributed by atoms with Gasteiger partial charge >= 0.3 is 0 Å². The molecule has 0 amide bonds. The number of aliphatic hydroxyl groups is 1. The number of aliphatic hydroxyl groups excluding tert-OH is 1. The predicted molar refractivity (Wildman–Crippen MR) is 72.9 cm³/mol. The van der Waals surface area contributed by atoms with Crippen LogP contribution in [0.25, 0.3) is 0 Å². The summed E-state index contributed by atoms with van der Waals surface area (Å²) in [5, 5.41) is 12.6. The topological polar surface area (TPSA) is 32.3 Å². The molecule has 17 heavy (non-hydrogen) atoms. The lowest BCUT2D eigenvalue weighted by molar-refractivity contribution is 0.186. The van der Waals surface area contributed by atoms with Gasteiger partial charge in [0.05, 0.1) is 0 Å². The molecule has 96 valence electrons. The Morgan fingerprint density at radius 3 is 2.18 bits per heavy atom. The van der Waals surface area contributed by atoms with Crippen molar-refractivity contribution < 1.29 is 5.11 Å². The maximum atomic E-state index is 9.22. The Balaban J connectivity index is 2.34. The van der Waals surface area contributed by atoms with Crippen LogP contribution in [0.15, 0.2) is 24.3 Å². The van der Waals surface area contributed by atoms with Gasteiger partial charge in [-0.1, -0.05) is 45.0 Å². The van der Waals surface area contributed by atoms with Gasteiger partial charge in [-0.05, 0) is 29.4 Å². The second-order valence-corrected chi connectivity index (χ2v) is 4.99. The minimum atomic E-state index is 0.263. The van der Waals surface area contributed by atoms with Gasteiger partial charge in [0.25, 0.3) is 0 Å². The second-order valence-electron chi connectivity index (χ2n) is 4.99. The third kappa shape index (κ3) is 4.88. The second kappa shape index (κ2) is 7.46. The number of hydrogen-bond acceptors (Lipinski definition) is 2. The normalized spacial score (nSPS) is 13.0. The molecule has 1 aromatic carbocycles. The van der Waals surface area contributed by atoms with Crippen LogP contribution in [0.1, 0.15) is 31.9 Å². The standard InChI is InChI=1S/C15H25NO/c1-4-13-5-7-14(8-6-13)9-16-10-15(11-17)12(2)3/h5-8,12,15-17H,4,9-11H2,1-3H3. The van der Waals surface area contributed by atoms with Gasteiger partial charge in [-0.15, -0.1) is 0 Å². The molecule has 0 saturated carbocycles. The maximum absolute atomic E-state index is 9.22. The first-order chi connectivity index (χ1) is 8.17. The first-order valence-electron chi connectivity index (χ1n) is 6.56. The molecule has 0 heterocycles. The van der Waals surface area contributed by atoms with E-state index in [4.69, 9.17) is 0 Å². The Bertz CT molecular complexity index is 305. The van der Waals surface area contributed by atoms with Crippen molar-refractivity contribution in [3.05, 3.63) is 35.4 Å². The van der Waals surface area contributed by atoms with Crippen LogP contribution >= 0.6 is 0 Å². The highest BCUT2D eigenvalue weighted by molar-refractivity contribution is 5.22. The van der Waals surface area contributed by atoms with Gasteiger partial charge < -0.3 is 10.4 Å².